The zero-order valence-electron chi connectivity index (χ0n) is 28.3. The van der Waals surface area contributed by atoms with Crippen LogP contribution in [0.1, 0.15) is 67.9 Å². The first kappa shape index (κ1) is 36.2. The Morgan fingerprint density at radius 3 is 2.58 bits per heavy atom. The molecule has 0 spiro atoms. The van der Waals surface area contributed by atoms with Crippen molar-refractivity contribution in [1.82, 2.24) is 25.4 Å². The fourth-order valence-electron chi connectivity index (χ4n) is 7.24. The van der Waals surface area contributed by atoms with Gasteiger partial charge < -0.3 is 25.8 Å². The van der Waals surface area contributed by atoms with Crippen molar-refractivity contribution < 1.29 is 18.7 Å². The number of ether oxygens (including phenoxy) is 2. The van der Waals surface area contributed by atoms with Gasteiger partial charge in [0.15, 0.2) is 0 Å². The largest absolute Gasteiger partial charge is 0.438 e. The van der Waals surface area contributed by atoms with Crippen molar-refractivity contribution in [2.45, 2.75) is 89.8 Å². The van der Waals surface area contributed by atoms with E-state index in [0.717, 1.165) is 88.9 Å². The number of nitrogens with one attached hydrogen (secondary N) is 2. The highest BCUT2D eigenvalue weighted by atomic mass is 35.5. The van der Waals surface area contributed by atoms with Crippen LogP contribution in [0, 0.1) is 5.82 Å². The Labute approximate surface area is 290 Å². The topological polar surface area (TPSA) is 105 Å². The molecule has 11 heteroatoms. The van der Waals surface area contributed by atoms with Crippen molar-refractivity contribution in [1.29, 1.82) is 0 Å². The maximum Gasteiger partial charge on any atom is 0.257 e. The van der Waals surface area contributed by atoms with E-state index in [4.69, 9.17) is 15.2 Å². The Morgan fingerprint density at radius 1 is 1.06 bits per heavy atom. The van der Waals surface area contributed by atoms with Gasteiger partial charge in [0.05, 0.1) is 19.4 Å². The number of aromatic nitrogens is 1. The number of carbonyl (C=O) groups excluding carboxylic acids is 1. The third kappa shape index (κ3) is 9.31. The minimum absolute atomic E-state index is 0. The zero-order valence-corrected chi connectivity index (χ0v) is 29.1. The fraction of sp³-hybridized carbons (Fsp3) is 0.514. The summed E-state index contributed by atoms with van der Waals surface area (Å²) in [6, 6.07) is 17.2. The summed E-state index contributed by atoms with van der Waals surface area (Å²) < 4.78 is 26.2. The predicted octanol–water partition coefficient (Wildman–Crippen LogP) is 5.50. The van der Waals surface area contributed by atoms with Crippen molar-refractivity contribution in [2.75, 3.05) is 32.8 Å². The lowest BCUT2D eigenvalue weighted by Gasteiger charge is -2.36. The Balaban J connectivity index is 0.00000451. The second-order valence-corrected chi connectivity index (χ2v) is 13.8. The molecule has 2 saturated heterocycles. The van der Waals surface area contributed by atoms with Gasteiger partial charge in [-0.1, -0.05) is 30.3 Å². The molecular weight excluding hydrogens is 631 g/mol. The van der Waals surface area contributed by atoms with E-state index in [1.54, 1.807) is 0 Å². The molecule has 0 bridgehead atoms. The van der Waals surface area contributed by atoms with Crippen LogP contribution in [0.4, 0.5) is 4.39 Å². The van der Waals surface area contributed by atoms with E-state index in [-0.39, 0.29) is 35.9 Å². The molecule has 260 valence electrons. The summed E-state index contributed by atoms with van der Waals surface area (Å²) >= 11 is 0. The number of hydrogen-bond acceptors (Lipinski definition) is 8. The number of piperazine rings is 1. The van der Waals surface area contributed by atoms with E-state index in [1.165, 1.54) is 17.2 Å². The zero-order chi connectivity index (χ0) is 32.9. The smallest absolute Gasteiger partial charge is 0.257 e. The van der Waals surface area contributed by atoms with E-state index >= 15 is 0 Å². The lowest BCUT2D eigenvalue weighted by Crippen LogP contribution is -2.53. The van der Waals surface area contributed by atoms with Gasteiger partial charge in [-0.25, -0.2) is 9.37 Å². The molecule has 2 aliphatic heterocycles. The molecule has 4 N–H and O–H groups in total. The Morgan fingerprint density at radius 2 is 1.83 bits per heavy atom. The van der Waals surface area contributed by atoms with Crippen LogP contribution in [-0.2, 0) is 17.8 Å². The molecule has 9 nitrogen and oxygen atoms in total. The Hall–Kier alpha value is -3.12. The standard InChI is InChI=1S/C37H49FN6O3.ClH/c1-24-19-43(20-25(2)41-24)21-27-7-12-34(29(15-27)22-44-13-14-46-23-26(44)3)28-5-4-6-33(16-28)47-37-35(17-30(38)18-40-37)36(45)42-32-10-8-31(39)9-11-32;/h4-7,12,15-18,24-26,31-32,41H,8-11,13-14,19-23,39H2,1-3H3,(H,42,45);1H/t24-,25+,26-,31-,32-;/m0./s1. The lowest BCUT2D eigenvalue weighted by atomic mass is 9.91. The lowest BCUT2D eigenvalue weighted by molar-refractivity contribution is -0.00431. The first-order valence-corrected chi connectivity index (χ1v) is 17.1. The highest BCUT2D eigenvalue weighted by Gasteiger charge is 2.25. The second-order valence-electron chi connectivity index (χ2n) is 13.8. The minimum Gasteiger partial charge on any atom is -0.438 e. The van der Waals surface area contributed by atoms with Crippen molar-refractivity contribution in [2.24, 2.45) is 5.73 Å². The van der Waals surface area contributed by atoms with Gasteiger partial charge in [0.1, 0.15) is 17.1 Å². The number of hydrogen-bond donors (Lipinski definition) is 3. The monoisotopic (exact) mass is 680 g/mol. The van der Waals surface area contributed by atoms with Crippen molar-refractivity contribution in [3.63, 3.8) is 0 Å². The second kappa shape index (κ2) is 16.5. The molecule has 0 radical (unpaired) electrons. The summed E-state index contributed by atoms with van der Waals surface area (Å²) in [5.41, 5.74) is 10.8. The van der Waals surface area contributed by atoms with Crippen LogP contribution >= 0.6 is 12.4 Å². The molecule has 6 rings (SSSR count). The Bertz CT molecular complexity index is 1530. The third-order valence-corrected chi connectivity index (χ3v) is 9.62. The first-order valence-electron chi connectivity index (χ1n) is 17.1. The summed E-state index contributed by atoms with van der Waals surface area (Å²) in [4.78, 5) is 22.5. The highest BCUT2D eigenvalue weighted by molar-refractivity contribution is 5.96. The number of amides is 1. The average molecular weight is 681 g/mol. The minimum atomic E-state index is -0.589. The van der Waals surface area contributed by atoms with Crippen LogP contribution in [0.3, 0.4) is 0 Å². The fourth-order valence-corrected chi connectivity index (χ4v) is 7.24. The molecule has 3 fully saturated rings. The van der Waals surface area contributed by atoms with Gasteiger partial charge in [-0.2, -0.15) is 0 Å². The highest BCUT2D eigenvalue weighted by Crippen LogP contribution is 2.32. The first-order chi connectivity index (χ1) is 22.7. The van der Waals surface area contributed by atoms with Gasteiger partial charge in [0.25, 0.3) is 5.91 Å². The molecule has 3 aromatic rings. The number of carbonyl (C=O) groups is 1. The molecule has 3 aliphatic rings. The van der Waals surface area contributed by atoms with Gasteiger partial charge >= 0.3 is 0 Å². The molecule has 3 atom stereocenters. The molecule has 1 saturated carbocycles. The van der Waals surface area contributed by atoms with E-state index < -0.39 is 11.7 Å². The maximum absolute atomic E-state index is 14.3. The van der Waals surface area contributed by atoms with Gasteiger partial charge in [-0.3, -0.25) is 14.6 Å². The number of halogens is 2. The number of pyridine rings is 1. The van der Waals surface area contributed by atoms with E-state index in [2.05, 4.69) is 70.5 Å². The van der Waals surface area contributed by atoms with Crippen molar-refractivity contribution in [3.05, 3.63) is 77.2 Å². The number of nitrogens with two attached hydrogens (primary N) is 1. The molecule has 48 heavy (non-hydrogen) atoms. The summed E-state index contributed by atoms with van der Waals surface area (Å²) in [5, 5.41) is 6.66. The van der Waals surface area contributed by atoms with Crippen molar-refractivity contribution in [3.8, 4) is 22.8 Å². The Kier molecular flexibility index (Phi) is 12.4. The van der Waals surface area contributed by atoms with E-state index in [1.807, 2.05) is 18.2 Å². The average Bonchev–Trinajstić information content (AvgIpc) is 3.04. The molecule has 3 heterocycles. The van der Waals surface area contributed by atoms with Crippen LogP contribution < -0.4 is 21.1 Å². The van der Waals surface area contributed by atoms with Gasteiger partial charge in [0.2, 0.25) is 5.88 Å². The molecule has 0 unspecified atom stereocenters. The maximum atomic E-state index is 14.3. The third-order valence-electron chi connectivity index (χ3n) is 9.62. The molecule has 2 aromatic carbocycles. The van der Waals surface area contributed by atoms with Gasteiger partial charge in [-0.15, -0.1) is 12.4 Å². The quantitative estimate of drug-likeness (QED) is 0.272. The molecule has 1 aliphatic carbocycles. The van der Waals surface area contributed by atoms with Gasteiger partial charge in [-0.05, 0) is 86.9 Å². The van der Waals surface area contributed by atoms with Gasteiger partial charge in [0, 0.05) is 62.9 Å². The molecule has 1 aromatic heterocycles. The summed E-state index contributed by atoms with van der Waals surface area (Å²) in [6.07, 6.45) is 4.38. The van der Waals surface area contributed by atoms with E-state index in [9.17, 15) is 9.18 Å². The van der Waals surface area contributed by atoms with E-state index in [0.29, 0.717) is 23.9 Å². The predicted molar refractivity (Wildman–Crippen MR) is 189 cm³/mol. The van der Waals surface area contributed by atoms with Crippen molar-refractivity contribution >= 4 is 18.3 Å². The number of morpholine rings is 1. The van der Waals surface area contributed by atoms with Crippen LogP contribution in [0.15, 0.2) is 54.7 Å². The molecule has 1 amide bonds. The number of benzene rings is 2. The SMILES string of the molecule is C[C@@H]1CN(Cc2ccc(-c3cccc(Oc4ncc(F)cc4C(=O)N[C@H]4CC[C@H](N)CC4)c3)c(CN3CCOC[C@@H]3C)c2)C[C@H](C)N1.Cl. The normalized spacial score (nSPS) is 25.2. The summed E-state index contributed by atoms with van der Waals surface area (Å²) in [6.45, 7) is 12.8. The molecular formula is C37H50ClFN6O3. The number of nitrogens with zero attached hydrogens (tertiary/aromatic N) is 3. The number of rotatable bonds is 9. The van der Waals surface area contributed by atoms with Crippen LogP contribution in [0.25, 0.3) is 11.1 Å². The summed E-state index contributed by atoms with van der Waals surface area (Å²) in [7, 11) is 0. The summed E-state index contributed by atoms with van der Waals surface area (Å²) in [5.74, 6) is -0.383. The van der Waals surface area contributed by atoms with Crippen LogP contribution in [-0.4, -0.2) is 83.7 Å². The van der Waals surface area contributed by atoms with Crippen LogP contribution in [0.5, 0.6) is 11.6 Å². The van der Waals surface area contributed by atoms with Crippen LogP contribution in [0.2, 0.25) is 0 Å².